The van der Waals surface area contributed by atoms with E-state index in [9.17, 15) is 24.9 Å². The van der Waals surface area contributed by atoms with Gasteiger partial charge in [-0.2, -0.15) is 0 Å². The Hall–Kier alpha value is -3.56. The van der Waals surface area contributed by atoms with Gasteiger partial charge in [0.05, 0.1) is 13.2 Å². The molecule has 0 amide bonds. The Morgan fingerprint density at radius 3 is 2.24 bits per heavy atom. The molecule has 1 unspecified atom stereocenters. The molecule has 0 saturated carbocycles. The molecule has 9 nitrogen and oxygen atoms in total. The SMILES string of the molecule is COc1ccc(CC(C)N[C@@H]2CCc3c(ccc(O)c3O)[C@H]2O)cc1.O=C(O)/C=C/C(=O)O. The largest absolute Gasteiger partial charge is 0.504 e. The maximum Gasteiger partial charge on any atom is 0.328 e. The molecule has 6 N–H and O–H groups in total. The van der Waals surface area contributed by atoms with E-state index in [4.69, 9.17) is 14.9 Å². The van der Waals surface area contributed by atoms with Gasteiger partial charge in [0, 0.05) is 29.8 Å². The Labute approximate surface area is 191 Å². The number of aromatic hydroxyl groups is 2. The maximum absolute atomic E-state index is 10.6. The predicted octanol–water partition coefficient (Wildman–Crippen LogP) is 2.39. The summed E-state index contributed by atoms with van der Waals surface area (Å²) in [6.45, 7) is 2.10. The molecule has 1 aliphatic rings. The summed E-state index contributed by atoms with van der Waals surface area (Å²) in [7, 11) is 1.65. The van der Waals surface area contributed by atoms with Gasteiger partial charge in [-0.05, 0) is 55.5 Å². The minimum atomic E-state index is -1.26. The second-order valence-electron chi connectivity index (χ2n) is 7.72. The van der Waals surface area contributed by atoms with Crippen LogP contribution in [0.25, 0.3) is 0 Å². The summed E-state index contributed by atoms with van der Waals surface area (Å²) in [6.07, 6.45) is 2.59. The van der Waals surface area contributed by atoms with Gasteiger partial charge in [-0.3, -0.25) is 0 Å². The van der Waals surface area contributed by atoms with Gasteiger partial charge in [-0.15, -0.1) is 0 Å². The second-order valence-corrected chi connectivity index (χ2v) is 7.72. The molecule has 0 saturated heterocycles. The number of carbonyl (C=O) groups is 2. The first-order valence-corrected chi connectivity index (χ1v) is 10.4. The van der Waals surface area contributed by atoms with Gasteiger partial charge >= 0.3 is 11.9 Å². The molecular formula is C24H29NO8. The van der Waals surface area contributed by atoms with Crippen LogP contribution < -0.4 is 10.1 Å². The molecule has 0 aliphatic heterocycles. The lowest BCUT2D eigenvalue weighted by molar-refractivity contribution is -0.134. The molecule has 1 aliphatic carbocycles. The number of hydrogen-bond acceptors (Lipinski definition) is 7. The predicted molar refractivity (Wildman–Crippen MR) is 121 cm³/mol. The number of aliphatic hydroxyl groups is 1. The monoisotopic (exact) mass is 459 g/mol. The van der Waals surface area contributed by atoms with E-state index in [2.05, 4.69) is 12.2 Å². The van der Waals surface area contributed by atoms with E-state index in [0.717, 1.165) is 12.2 Å². The zero-order valence-electron chi connectivity index (χ0n) is 18.4. The van der Waals surface area contributed by atoms with Crippen molar-refractivity contribution in [2.75, 3.05) is 7.11 Å². The lowest BCUT2D eigenvalue weighted by Gasteiger charge is -2.33. The Morgan fingerprint density at radius 1 is 1.09 bits per heavy atom. The van der Waals surface area contributed by atoms with Gasteiger partial charge in [0.2, 0.25) is 0 Å². The van der Waals surface area contributed by atoms with Gasteiger partial charge in [0.15, 0.2) is 11.5 Å². The highest BCUT2D eigenvalue weighted by Gasteiger charge is 2.31. The topological polar surface area (TPSA) is 157 Å². The van der Waals surface area contributed by atoms with Gasteiger partial charge in [0.1, 0.15) is 5.75 Å². The first-order valence-electron chi connectivity index (χ1n) is 10.4. The summed E-state index contributed by atoms with van der Waals surface area (Å²) in [4.78, 5) is 19.1. The van der Waals surface area contributed by atoms with Crippen molar-refractivity contribution in [1.29, 1.82) is 0 Å². The normalized spacial score (nSPS) is 18.0. The smallest absolute Gasteiger partial charge is 0.328 e. The molecule has 0 heterocycles. The number of ether oxygens (including phenoxy) is 1. The van der Waals surface area contributed by atoms with Crippen LogP contribution >= 0.6 is 0 Å². The number of rotatable bonds is 7. The molecule has 0 radical (unpaired) electrons. The summed E-state index contributed by atoms with van der Waals surface area (Å²) in [5.74, 6) is -1.92. The van der Waals surface area contributed by atoms with Gasteiger partial charge in [0.25, 0.3) is 0 Å². The number of phenols is 2. The number of phenolic OH excluding ortho intramolecular Hbond substituents is 2. The summed E-state index contributed by atoms with van der Waals surface area (Å²) >= 11 is 0. The van der Waals surface area contributed by atoms with Crippen molar-refractivity contribution in [3.8, 4) is 17.2 Å². The van der Waals surface area contributed by atoms with Crippen LogP contribution in [-0.4, -0.2) is 56.7 Å². The number of benzene rings is 2. The van der Waals surface area contributed by atoms with Crippen LogP contribution in [0.3, 0.4) is 0 Å². The quantitative estimate of drug-likeness (QED) is 0.270. The van der Waals surface area contributed by atoms with Crippen LogP contribution in [0.15, 0.2) is 48.6 Å². The Balaban J connectivity index is 0.000000414. The van der Waals surface area contributed by atoms with Crippen LogP contribution in [0.1, 0.15) is 36.1 Å². The van der Waals surface area contributed by atoms with Gasteiger partial charge in [-0.25, -0.2) is 9.59 Å². The molecule has 178 valence electrons. The van der Waals surface area contributed by atoms with Crippen LogP contribution in [0.4, 0.5) is 0 Å². The van der Waals surface area contributed by atoms with Crippen LogP contribution in [-0.2, 0) is 22.4 Å². The number of aliphatic hydroxyl groups excluding tert-OH is 1. The summed E-state index contributed by atoms with van der Waals surface area (Å²) in [5, 5.41) is 49.4. The van der Waals surface area contributed by atoms with Crippen molar-refractivity contribution in [1.82, 2.24) is 5.32 Å². The highest BCUT2D eigenvalue weighted by molar-refractivity contribution is 5.89. The summed E-state index contributed by atoms with van der Waals surface area (Å²) < 4.78 is 5.17. The number of fused-ring (bicyclic) bond motifs is 1. The Morgan fingerprint density at radius 2 is 1.70 bits per heavy atom. The number of carboxylic acid groups (broad SMARTS) is 2. The van der Waals surface area contributed by atoms with Crippen LogP contribution in [0.5, 0.6) is 17.2 Å². The van der Waals surface area contributed by atoms with Crippen molar-refractivity contribution in [2.45, 2.75) is 44.4 Å². The van der Waals surface area contributed by atoms with E-state index < -0.39 is 18.0 Å². The van der Waals surface area contributed by atoms with Crippen molar-refractivity contribution in [3.05, 3.63) is 65.2 Å². The van der Waals surface area contributed by atoms with E-state index in [0.29, 0.717) is 36.1 Å². The molecule has 0 spiro atoms. The van der Waals surface area contributed by atoms with Gasteiger partial charge in [-0.1, -0.05) is 18.2 Å². The van der Waals surface area contributed by atoms with Crippen molar-refractivity contribution in [3.63, 3.8) is 0 Å². The number of methoxy groups -OCH3 is 1. The van der Waals surface area contributed by atoms with Gasteiger partial charge < -0.3 is 35.6 Å². The second kappa shape index (κ2) is 11.9. The first-order chi connectivity index (χ1) is 15.6. The average molecular weight is 459 g/mol. The maximum atomic E-state index is 10.6. The molecule has 0 aromatic heterocycles. The average Bonchev–Trinajstić information content (AvgIpc) is 2.77. The lowest BCUT2D eigenvalue weighted by atomic mass is 9.84. The number of aliphatic carboxylic acids is 2. The first kappa shape index (κ1) is 25.7. The van der Waals surface area contributed by atoms with Crippen LogP contribution in [0, 0.1) is 0 Å². The molecule has 2 aromatic carbocycles. The van der Waals surface area contributed by atoms with Crippen LogP contribution in [0.2, 0.25) is 0 Å². The molecule has 9 heteroatoms. The zero-order valence-corrected chi connectivity index (χ0v) is 18.4. The molecule has 3 rings (SSSR count). The molecule has 3 atom stereocenters. The van der Waals surface area contributed by atoms with Crippen molar-refractivity contribution >= 4 is 11.9 Å². The Bertz CT molecular complexity index is 971. The molecule has 0 bridgehead atoms. The van der Waals surface area contributed by atoms with E-state index in [-0.39, 0.29) is 23.6 Å². The van der Waals surface area contributed by atoms with Crippen molar-refractivity contribution in [2.24, 2.45) is 0 Å². The third kappa shape index (κ3) is 7.51. The summed E-state index contributed by atoms with van der Waals surface area (Å²) in [6, 6.07) is 11.2. The fourth-order valence-corrected chi connectivity index (χ4v) is 3.71. The zero-order chi connectivity index (χ0) is 24.5. The Kier molecular flexibility index (Phi) is 9.26. The number of hydrogen-bond donors (Lipinski definition) is 6. The lowest BCUT2D eigenvalue weighted by Crippen LogP contribution is -2.43. The van der Waals surface area contributed by atoms with E-state index in [1.807, 2.05) is 24.3 Å². The van der Waals surface area contributed by atoms with E-state index >= 15 is 0 Å². The highest BCUT2D eigenvalue weighted by Crippen LogP contribution is 2.39. The fourth-order valence-electron chi connectivity index (χ4n) is 3.71. The minimum Gasteiger partial charge on any atom is -0.504 e. The molecular weight excluding hydrogens is 430 g/mol. The molecule has 2 aromatic rings. The van der Waals surface area contributed by atoms with E-state index in [1.165, 1.54) is 11.6 Å². The molecule has 33 heavy (non-hydrogen) atoms. The van der Waals surface area contributed by atoms with Crippen molar-refractivity contribution < 1.29 is 39.9 Å². The number of nitrogens with one attached hydrogen (secondary N) is 1. The third-order valence-corrected chi connectivity index (χ3v) is 5.27. The van der Waals surface area contributed by atoms with E-state index in [1.54, 1.807) is 13.2 Å². The number of carboxylic acids is 2. The standard InChI is InChI=1S/C20H25NO4.C4H4O4/c1-12(11-13-3-5-14(25-2)6-4-13)21-17-9-7-16-15(19(17)23)8-10-18(22)20(16)24;5-3(6)1-2-4(7)8/h3-6,8,10,12,17,19,21-24H,7,9,11H2,1-2H3;1-2H,(H,5,6)(H,7,8)/b;2-1+/t12?,17-,19-;/m1./s1. The summed E-state index contributed by atoms with van der Waals surface area (Å²) in [5.41, 5.74) is 2.54. The molecule has 0 fully saturated rings. The third-order valence-electron chi connectivity index (χ3n) is 5.27. The highest BCUT2D eigenvalue weighted by atomic mass is 16.5. The minimum absolute atomic E-state index is 0.0790. The fraction of sp³-hybridized carbons (Fsp3) is 0.333.